The fourth-order valence-electron chi connectivity index (χ4n) is 1.46. The van der Waals surface area contributed by atoms with Crippen LogP contribution in [0.2, 0.25) is 5.02 Å². The minimum Gasteiger partial charge on any atom is -0.472 e. The third-order valence-corrected chi connectivity index (χ3v) is 2.63. The van der Waals surface area contributed by atoms with E-state index in [4.69, 9.17) is 16.3 Å². The lowest BCUT2D eigenvalue weighted by atomic mass is 10.2. The second-order valence-corrected chi connectivity index (χ2v) is 4.16. The van der Waals surface area contributed by atoms with Gasteiger partial charge in [-0.2, -0.15) is 4.98 Å². The zero-order chi connectivity index (χ0) is 13.7. The van der Waals surface area contributed by atoms with E-state index in [0.29, 0.717) is 18.1 Å². The van der Waals surface area contributed by atoms with Crippen molar-refractivity contribution in [3.8, 4) is 5.88 Å². The molecule has 0 unspecified atom stereocenters. The van der Waals surface area contributed by atoms with Crippen LogP contribution in [0.15, 0.2) is 30.5 Å². The van der Waals surface area contributed by atoms with E-state index in [0.717, 1.165) is 0 Å². The van der Waals surface area contributed by atoms with Crippen LogP contribution in [0, 0.1) is 5.82 Å². The maximum Gasteiger partial charge on any atom is 0.237 e. The van der Waals surface area contributed by atoms with Gasteiger partial charge < -0.3 is 10.1 Å². The number of ether oxygens (including phenoxy) is 1. The average Bonchev–Trinajstić information content (AvgIpc) is 2.41. The predicted molar refractivity (Wildman–Crippen MR) is 71.9 cm³/mol. The van der Waals surface area contributed by atoms with Gasteiger partial charge in [0.05, 0.1) is 6.20 Å². The Labute approximate surface area is 115 Å². The second kappa shape index (κ2) is 6.33. The Morgan fingerprint density at radius 3 is 2.89 bits per heavy atom. The molecule has 1 heterocycles. The summed E-state index contributed by atoms with van der Waals surface area (Å²) in [4.78, 5) is 8.10. The fraction of sp³-hybridized carbons (Fsp3) is 0.231. The van der Waals surface area contributed by atoms with Crippen LogP contribution in [0.5, 0.6) is 5.88 Å². The molecule has 0 amide bonds. The summed E-state index contributed by atoms with van der Waals surface area (Å²) < 4.78 is 18.9. The van der Waals surface area contributed by atoms with Crippen molar-refractivity contribution >= 4 is 17.5 Å². The average molecular weight is 282 g/mol. The summed E-state index contributed by atoms with van der Waals surface area (Å²) in [6.45, 7) is 2.68. The van der Waals surface area contributed by atoms with Crippen LogP contribution in [0.3, 0.4) is 0 Å². The summed E-state index contributed by atoms with van der Waals surface area (Å²) in [6, 6.07) is 6.40. The number of hydrogen-bond acceptors (Lipinski definition) is 4. The van der Waals surface area contributed by atoms with Gasteiger partial charge in [0.2, 0.25) is 11.8 Å². The van der Waals surface area contributed by atoms with Gasteiger partial charge in [-0.15, -0.1) is 0 Å². The number of anilines is 1. The molecule has 0 fully saturated rings. The number of benzene rings is 1. The lowest BCUT2D eigenvalue weighted by Crippen LogP contribution is -2.05. The van der Waals surface area contributed by atoms with E-state index >= 15 is 0 Å². The van der Waals surface area contributed by atoms with Crippen LogP contribution < -0.4 is 10.1 Å². The third-order valence-electron chi connectivity index (χ3n) is 2.37. The standard InChI is InChI=1S/C13H13ClFN3O/c1-2-16-13-17-7-10(14)12(18-13)19-8-9-5-3-4-6-11(9)15/h3-7H,2,8H2,1H3,(H,16,17,18). The van der Waals surface area contributed by atoms with E-state index in [1.165, 1.54) is 12.3 Å². The summed E-state index contributed by atoms with van der Waals surface area (Å²) in [5.74, 6) is 0.339. The highest BCUT2D eigenvalue weighted by molar-refractivity contribution is 6.31. The SMILES string of the molecule is CCNc1ncc(Cl)c(OCc2ccccc2F)n1. The van der Waals surface area contributed by atoms with Gasteiger partial charge in [0, 0.05) is 12.1 Å². The molecular formula is C13H13ClFN3O. The molecule has 0 bridgehead atoms. The Morgan fingerprint density at radius 1 is 1.37 bits per heavy atom. The number of rotatable bonds is 5. The Bertz CT molecular complexity index is 565. The van der Waals surface area contributed by atoms with Crippen molar-refractivity contribution in [1.82, 2.24) is 9.97 Å². The lowest BCUT2D eigenvalue weighted by molar-refractivity contribution is 0.288. The van der Waals surface area contributed by atoms with Crippen molar-refractivity contribution in [3.63, 3.8) is 0 Å². The molecule has 0 atom stereocenters. The molecule has 2 aromatic rings. The normalized spacial score (nSPS) is 10.3. The van der Waals surface area contributed by atoms with Gasteiger partial charge in [-0.3, -0.25) is 0 Å². The van der Waals surface area contributed by atoms with E-state index in [-0.39, 0.29) is 23.3 Å². The molecule has 0 aliphatic rings. The Balaban J connectivity index is 2.10. The molecule has 0 aliphatic carbocycles. The van der Waals surface area contributed by atoms with Crippen LogP contribution in [0.1, 0.15) is 12.5 Å². The monoisotopic (exact) mass is 281 g/mol. The van der Waals surface area contributed by atoms with Crippen molar-refractivity contribution < 1.29 is 9.13 Å². The zero-order valence-corrected chi connectivity index (χ0v) is 11.1. The molecule has 2 rings (SSSR count). The molecule has 0 saturated carbocycles. The van der Waals surface area contributed by atoms with E-state index < -0.39 is 0 Å². The molecule has 100 valence electrons. The summed E-state index contributed by atoms with van der Waals surface area (Å²) in [6.07, 6.45) is 1.45. The van der Waals surface area contributed by atoms with Crippen LogP contribution in [0.4, 0.5) is 10.3 Å². The van der Waals surface area contributed by atoms with E-state index in [1.807, 2.05) is 6.92 Å². The maximum absolute atomic E-state index is 13.4. The van der Waals surface area contributed by atoms with Gasteiger partial charge in [-0.05, 0) is 13.0 Å². The Hall–Kier alpha value is -1.88. The van der Waals surface area contributed by atoms with Crippen LogP contribution in [-0.2, 0) is 6.61 Å². The molecule has 4 nitrogen and oxygen atoms in total. The lowest BCUT2D eigenvalue weighted by Gasteiger charge is -2.09. The highest BCUT2D eigenvalue weighted by Gasteiger charge is 2.08. The second-order valence-electron chi connectivity index (χ2n) is 3.76. The molecule has 19 heavy (non-hydrogen) atoms. The Kier molecular flexibility index (Phi) is 4.52. The van der Waals surface area contributed by atoms with E-state index in [1.54, 1.807) is 18.2 Å². The van der Waals surface area contributed by atoms with Crippen LogP contribution in [-0.4, -0.2) is 16.5 Å². The number of nitrogens with one attached hydrogen (secondary N) is 1. The maximum atomic E-state index is 13.4. The Morgan fingerprint density at radius 2 is 2.16 bits per heavy atom. The van der Waals surface area contributed by atoms with Gasteiger partial charge in [0.15, 0.2) is 0 Å². The number of halogens is 2. The van der Waals surface area contributed by atoms with E-state index in [2.05, 4.69) is 15.3 Å². The molecule has 1 aromatic carbocycles. The minimum atomic E-state index is -0.320. The smallest absolute Gasteiger partial charge is 0.237 e. The van der Waals surface area contributed by atoms with Crippen molar-refractivity contribution in [3.05, 3.63) is 46.9 Å². The topological polar surface area (TPSA) is 47.0 Å². The summed E-state index contributed by atoms with van der Waals surface area (Å²) in [5.41, 5.74) is 0.446. The third kappa shape index (κ3) is 3.54. The molecule has 0 saturated heterocycles. The first kappa shape index (κ1) is 13.5. The number of hydrogen-bond donors (Lipinski definition) is 1. The fourth-order valence-corrected chi connectivity index (χ4v) is 1.60. The molecule has 6 heteroatoms. The molecule has 0 spiro atoms. The van der Waals surface area contributed by atoms with Crippen molar-refractivity contribution in [2.75, 3.05) is 11.9 Å². The van der Waals surface area contributed by atoms with Crippen LogP contribution in [0.25, 0.3) is 0 Å². The molecular weight excluding hydrogens is 269 g/mol. The largest absolute Gasteiger partial charge is 0.472 e. The summed E-state index contributed by atoms with van der Waals surface area (Å²) >= 11 is 5.93. The molecule has 0 radical (unpaired) electrons. The van der Waals surface area contributed by atoms with Gasteiger partial charge in [0.1, 0.15) is 17.4 Å². The zero-order valence-electron chi connectivity index (χ0n) is 10.4. The van der Waals surface area contributed by atoms with Gasteiger partial charge >= 0.3 is 0 Å². The number of aromatic nitrogens is 2. The molecule has 1 aromatic heterocycles. The van der Waals surface area contributed by atoms with Crippen molar-refractivity contribution in [2.45, 2.75) is 13.5 Å². The molecule has 0 aliphatic heterocycles. The van der Waals surface area contributed by atoms with Crippen LogP contribution >= 0.6 is 11.6 Å². The quantitative estimate of drug-likeness (QED) is 0.914. The number of nitrogens with zero attached hydrogens (tertiary/aromatic N) is 2. The van der Waals surface area contributed by atoms with Crippen molar-refractivity contribution in [1.29, 1.82) is 0 Å². The molecule has 1 N–H and O–H groups in total. The summed E-state index contributed by atoms with van der Waals surface area (Å²) in [7, 11) is 0. The minimum absolute atomic E-state index is 0.0645. The van der Waals surface area contributed by atoms with E-state index in [9.17, 15) is 4.39 Å². The highest BCUT2D eigenvalue weighted by Crippen LogP contribution is 2.23. The van der Waals surface area contributed by atoms with Gasteiger partial charge in [-0.1, -0.05) is 29.8 Å². The highest BCUT2D eigenvalue weighted by atomic mass is 35.5. The van der Waals surface area contributed by atoms with Gasteiger partial charge in [0.25, 0.3) is 0 Å². The first-order valence-electron chi connectivity index (χ1n) is 5.83. The van der Waals surface area contributed by atoms with Gasteiger partial charge in [-0.25, -0.2) is 9.37 Å². The first-order valence-corrected chi connectivity index (χ1v) is 6.21. The first-order chi connectivity index (χ1) is 9.20. The summed E-state index contributed by atoms with van der Waals surface area (Å²) in [5, 5.41) is 3.24. The van der Waals surface area contributed by atoms with Crippen molar-refractivity contribution in [2.24, 2.45) is 0 Å². The predicted octanol–water partition coefficient (Wildman–Crippen LogP) is 3.28.